The number of aromatic nitrogens is 2. The molecule has 0 aliphatic carbocycles. The van der Waals surface area contributed by atoms with Crippen molar-refractivity contribution in [2.75, 3.05) is 0 Å². The summed E-state index contributed by atoms with van der Waals surface area (Å²) >= 11 is 1.06. The van der Waals surface area contributed by atoms with Crippen LogP contribution in [0.2, 0.25) is 0 Å². The third-order valence-electron chi connectivity index (χ3n) is 3.11. The molecule has 0 unspecified atom stereocenters. The number of carboxylic acids is 1. The van der Waals surface area contributed by atoms with Crippen molar-refractivity contribution in [2.24, 2.45) is 5.73 Å². The highest BCUT2D eigenvalue weighted by Gasteiger charge is 2.22. The average Bonchev–Trinajstić information content (AvgIpc) is 2.69. The van der Waals surface area contributed by atoms with Gasteiger partial charge in [-0.1, -0.05) is 13.8 Å². The van der Waals surface area contributed by atoms with Crippen molar-refractivity contribution in [3.63, 3.8) is 0 Å². The van der Waals surface area contributed by atoms with Gasteiger partial charge >= 0.3 is 5.97 Å². The second kappa shape index (κ2) is 5.28. The van der Waals surface area contributed by atoms with Crippen molar-refractivity contribution in [2.45, 2.75) is 33.2 Å². The molecule has 2 aromatic heterocycles. The number of carbonyl (C=O) groups is 2. The van der Waals surface area contributed by atoms with Crippen LogP contribution in [0.15, 0.2) is 4.79 Å². The number of thiophene rings is 1. The van der Waals surface area contributed by atoms with E-state index in [-0.39, 0.29) is 16.2 Å². The van der Waals surface area contributed by atoms with Crippen LogP contribution in [-0.4, -0.2) is 26.5 Å². The number of nitrogens with zero attached hydrogens (tertiary/aromatic N) is 2. The molecule has 0 spiro atoms. The third kappa shape index (κ3) is 2.54. The quantitative estimate of drug-likeness (QED) is 0.876. The molecule has 8 heteroatoms. The van der Waals surface area contributed by atoms with Gasteiger partial charge in [-0.15, -0.1) is 11.3 Å². The van der Waals surface area contributed by atoms with Crippen molar-refractivity contribution in [1.82, 2.24) is 9.55 Å². The number of rotatable bonds is 4. The maximum Gasteiger partial charge on any atom is 0.323 e. The van der Waals surface area contributed by atoms with Gasteiger partial charge in [0.05, 0.1) is 10.3 Å². The van der Waals surface area contributed by atoms with Crippen LogP contribution >= 0.6 is 11.3 Å². The number of aryl methyl sites for hydroxylation is 1. The first kappa shape index (κ1) is 15.2. The zero-order valence-corrected chi connectivity index (χ0v) is 12.7. The average molecular weight is 309 g/mol. The van der Waals surface area contributed by atoms with E-state index in [0.29, 0.717) is 16.2 Å². The summed E-state index contributed by atoms with van der Waals surface area (Å²) in [5.74, 6) is -1.48. The van der Waals surface area contributed by atoms with Crippen LogP contribution in [0.4, 0.5) is 0 Å². The van der Waals surface area contributed by atoms with Gasteiger partial charge in [0, 0.05) is 5.92 Å². The highest BCUT2D eigenvalue weighted by molar-refractivity contribution is 7.20. The van der Waals surface area contributed by atoms with Crippen molar-refractivity contribution in [1.29, 1.82) is 0 Å². The van der Waals surface area contributed by atoms with Crippen LogP contribution in [0.25, 0.3) is 10.2 Å². The second-order valence-corrected chi connectivity index (χ2v) is 6.01. The van der Waals surface area contributed by atoms with Gasteiger partial charge in [0.1, 0.15) is 17.2 Å². The van der Waals surface area contributed by atoms with Crippen molar-refractivity contribution >= 4 is 33.4 Å². The molecule has 0 atom stereocenters. The van der Waals surface area contributed by atoms with E-state index in [9.17, 15) is 14.4 Å². The molecule has 0 aromatic carbocycles. The Kier molecular flexibility index (Phi) is 3.82. The van der Waals surface area contributed by atoms with Crippen molar-refractivity contribution in [3.05, 3.63) is 26.6 Å². The molecule has 0 aliphatic rings. The predicted octanol–water partition coefficient (Wildman–Crippen LogP) is 1.07. The minimum absolute atomic E-state index is 0.124. The van der Waals surface area contributed by atoms with Crippen LogP contribution < -0.4 is 11.3 Å². The standard InChI is InChI=1S/C13H15N3O4S/c1-5(2)11-15-12-8(6(3)9(21-12)10(14)19)13(20)16(11)4-7(17)18/h5H,4H2,1-3H3,(H2,14,19)(H,17,18). The number of hydrogen-bond donors (Lipinski definition) is 2. The van der Waals surface area contributed by atoms with Gasteiger partial charge in [-0.2, -0.15) is 0 Å². The summed E-state index contributed by atoms with van der Waals surface area (Å²) in [5, 5.41) is 9.24. The number of primary amides is 1. The largest absolute Gasteiger partial charge is 0.480 e. The van der Waals surface area contributed by atoms with Crippen LogP contribution in [0.5, 0.6) is 0 Å². The van der Waals surface area contributed by atoms with Gasteiger partial charge in [0.25, 0.3) is 11.5 Å². The van der Waals surface area contributed by atoms with Gasteiger partial charge < -0.3 is 10.8 Å². The number of carbonyl (C=O) groups excluding carboxylic acids is 1. The van der Waals surface area contributed by atoms with Crippen LogP contribution in [0.1, 0.15) is 40.8 Å². The van der Waals surface area contributed by atoms with E-state index in [2.05, 4.69) is 4.98 Å². The Morgan fingerprint density at radius 3 is 2.52 bits per heavy atom. The zero-order chi connectivity index (χ0) is 15.9. The fourth-order valence-corrected chi connectivity index (χ4v) is 3.23. The van der Waals surface area contributed by atoms with E-state index in [1.807, 2.05) is 13.8 Å². The van der Waals surface area contributed by atoms with Gasteiger partial charge in [-0.05, 0) is 12.5 Å². The maximum atomic E-state index is 12.6. The fourth-order valence-electron chi connectivity index (χ4n) is 2.20. The maximum absolute atomic E-state index is 12.6. The first-order valence-electron chi connectivity index (χ1n) is 6.29. The van der Waals surface area contributed by atoms with Gasteiger partial charge in [0.2, 0.25) is 0 Å². The first-order valence-corrected chi connectivity index (χ1v) is 7.11. The van der Waals surface area contributed by atoms with Crippen LogP contribution in [0, 0.1) is 6.92 Å². The Morgan fingerprint density at radius 1 is 1.43 bits per heavy atom. The molecule has 7 nitrogen and oxygen atoms in total. The lowest BCUT2D eigenvalue weighted by Crippen LogP contribution is -2.29. The molecule has 3 N–H and O–H groups in total. The monoisotopic (exact) mass is 309 g/mol. The third-order valence-corrected chi connectivity index (χ3v) is 4.31. The molecule has 0 fully saturated rings. The Labute approximate surface area is 124 Å². The van der Waals surface area contributed by atoms with Gasteiger partial charge in [0.15, 0.2) is 0 Å². The lowest BCUT2D eigenvalue weighted by molar-refractivity contribution is -0.137. The minimum atomic E-state index is -1.12. The van der Waals surface area contributed by atoms with Crippen molar-refractivity contribution in [3.8, 4) is 0 Å². The lowest BCUT2D eigenvalue weighted by Gasteiger charge is -2.13. The van der Waals surface area contributed by atoms with E-state index in [1.54, 1.807) is 6.92 Å². The molecule has 0 bridgehead atoms. The topological polar surface area (TPSA) is 115 Å². The molecule has 0 saturated carbocycles. The summed E-state index contributed by atoms with van der Waals surface area (Å²) in [7, 11) is 0. The molecule has 0 saturated heterocycles. The summed E-state index contributed by atoms with van der Waals surface area (Å²) in [4.78, 5) is 40.0. The van der Waals surface area contributed by atoms with Crippen molar-refractivity contribution < 1.29 is 14.7 Å². The molecule has 2 aromatic rings. The molecule has 0 radical (unpaired) electrons. The first-order chi connectivity index (χ1) is 9.73. The van der Waals surface area contributed by atoms with E-state index < -0.39 is 24.0 Å². The molecule has 2 heterocycles. The number of nitrogens with two attached hydrogens (primary N) is 1. The van der Waals surface area contributed by atoms with Crippen LogP contribution in [-0.2, 0) is 11.3 Å². The summed E-state index contributed by atoms with van der Waals surface area (Å²) in [6.07, 6.45) is 0. The minimum Gasteiger partial charge on any atom is -0.480 e. The van der Waals surface area contributed by atoms with Crippen LogP contribution in [0.3, 0.4) is 0 Å². The Bertz CT molecular complexity index is 804. The highest BCUT2D eigenvalue weighted by atomic mass is 32.1. The number of amides is 1. The normalized spacial score (nSPS) is 11.2. The molecular formula is C13H15N3O4S. The van der Waals surface area contributed by atoms with Gasteiger partial charge in [-0.25, -0.2) is 4.98 Å². The summed E-state index contributed by atoms with van der Waals surface area (Å²) in [6, 6.07) is 0. The SMILES string of the molecule is Cc1c(C(N)=O)sc2nc(C(C)C)n(CC(=O)O)c(=O)c12. The second-order valence-electron chi connectivity index (χ2n) is 5.01. The number of fused-ring (bicyclic) bond motifs is 1. The molecule has 2 rings (SSSR count). The van der Waals surface area contributed by atoms with E-state index in [0.717, 1.165) is 15.9 Å². The zero-order valence-electron chi connectivity index (χ0n) is 11.8. The summed E-state index contributed by atoms with van der Waals surface area (Å²) in [6.45, 7) is 4.79. The number of hydrogen-bond acceptors (Lipinski definition) is 5. The van der Waals surface area contributed by atoms with E-state index >= 15 is 0 Å². The molecule has 1 amide bonds. The Morgan fingerprint density at radius 2 is 2.05 bits per heavy atom. The predicted molar refractivity (Wildman–Crippen MR) is 78.9 cm³/mol. The van der Waals surface area contributed by atoms with E-state index in [4.69, 9.17) is 10.8 Å². The molecule has 112 valence electrons. The highest BCUT2D eigenvalue weighted by Crippen LogP contribution is 2.28. The summed E-state index contributed by atoms with van der Waals surface area (Å²) < 4.78 is 1.14. The number of aliphatic carboxylic acids is 1. The molecule has 21 heavy (non-hydrogen) atoms. The Hall–Kier alpha value is -2.22. The van der Waals surface area contributed by atoms with E-state index in [1.165, 1.54) is 0 Å². The summed E-state index contributed by atoms with van der Waals surface area (Å²) in [5.41, 5.74) is 5.29. The Balaban J connectivity index is 2.88. The number of carboxylic acid groups (broad SMARTS) is 1. The lowest BCUT2D eigenvalue weighted by atomic mass is 10.1. The molecule has 0 aliphatic heterocycles. The smallest absolute Gasteiger partial charge is 0.323 e. The molecular weight excluding hydrogens is 294 g/mol. The van der Waals surface area contributed by atoms with Gasteiger partial charge in [-0.3, -0.25) is 19.0 Å². The fraction of sp³-hybridized carbons (Fsp3) is 0.385.